The third-order valence-electron chi connectivity index (χ3n) is 3.85. The molecular formula is C18H22ClNO. The van der Waals surface area contributed by atoms with Crippen LogP contribution in [0.25, 0.3) is 11.1 Å². The highest BCUT2D eigenvalue weighted by atomic mass is 35.5. The van der Waals surface area contributed by atoms with Gasteiger partial charge in [-0.1, -0.05) is 48.5 Å². The summed E-state index contributed by atoms with van der Waals surface area (Å²) in [5.41, 5.74) is 2.39. The van der Waals surface area contributed by atoms with Crippen LogP contribution in [-0.4, -0.2) is 19.7 Å². The van der Waals surface area contributed by atoms with Crippen LogP contribution in [0.4, 0.5) is 0 Å². The lowest BCUT2D eigenvalue weighted by Gasteiger charge is -2.23. The first-order chi connectivity index (χ1) is 9.93. The topological polar surface area (TPSA) is 21.3 Å². The van der Waals surface area contributed by atoms with E-state index in [9.17, 15) is 0 Å². The van der Waals surface area contributed by atoms with E-state index in [-0.39, 0.29) is 12.4 Å². The molecule has 0 aromatic heterocycles. The summed E-state index contributed by atoms with van der Waals surface area (Å²) in [6.45, 7) is 3.03. The van der Waals surface area contributed by atoms with Crippen molar-refractivity contribution in [1.82, 2.24) is 5.32 Å². The van der Waals surface area contributed by atoms with E-state index in [2.05, 4.69) is 47.8 Å². The number of para-hydroxylation sites is 1. The summed E-state index contributed by atoms with van der Waals surface area (Å²) in [5, 5.41) is 3.44. The van der Waals surface area contributed by atoms with E-state index in [4.69, 9.17) is 4.74 Å². The summed E-state index contributed by atoms with van der Waals surface area (Å²) >= 11 is 0. The molecular weight excluding hydrogens is 282 g/mol. The molecule has 3 heteroatoms. The smallest absolute Gasteiger partial charge is 0.127 e. The zero-order chi connectivity index (χ0) is 13.6. The first-order valence-electron chi connectivity index (χ1n) is 7.41. The normalized spacial score (nSPS) is 17.8. The monoisotopic (exact) mass is 303 g/mol. The number of hydrogen-bond donors (Lipinski definition) is 1. The quantitative estimate of drug-likeness (QED) is 0.916. The molecule has 1 unspecified atom stereocenters. The summed E-state index contributed by atoms with van der Waals surface area (Å²) in [6, 6.07) is 18.7. The Labute approximate surface area is 132 Å². The van der Waals surface area contributed by atoms with Crippen LogP contribution in [0.15, 0.2) is 54.6 Å². The molecule has 1 atom stereocenters. The molecule has 3 rings (SSSR count). The van der Waals surface area contributed by atoms with Gasteiger partial charge in [-0.15, -0.1) is 12.4 Å². The van der Waals surface area contributed by atoms with Gasteiger partial charge < -0.3 is 10.1 Å². The summed E-state index contributed by atoms with van der Waals surface area (Å²) < 4.78 is 6.09. The van der Waals surface area contributed by atoms with Crippen molar-refractivity contribution in [2.45, 2.75) is 12.8 Å². The molecule has 1 heterocycles. The molecule has 1 aliphatic heterocycles. The van der Waals surface area contributed by atoms with Crippen molar-refractivity contribution < 1.29 is 4.74 Å². The minimum absolute atomic E-state index is 0. The van der Waals surface area contributed by atoms with Gasteiger partial charge in [-0.2, -0.15) is 0 Å². The molecule has 112 valence electrons. The second-order valence-electron chi connectivity index (χ2n) is 5.39. The second kappa shape index (κ2) is 8.06. The summed E-state index contributed by atoms with van der Waals surface area (Å²) in [6.07, 6.45) is 2.52. The molecule has 0 amide bonds. The molecule has 2 nitrogen and oxygen atoms in total. The Morgan fingerprint density at radius 3 is 2.52 bits per heavy atom. The van der Waals surface area contributed by atoms with Crippen molar-refractivity contribution in [1.29, 1.82) is 0 Å². The third-order valence-corrected chi connectivity index (χ3v) is 3.85. The number of piperidine rings is 1. The standard InChI is InChI=1S/C18H21NO.ClH/c1-2-8-16(9-3-1)17-10-4-5-11-18(17)20-14-15-7-6-12-19-13-15;/h1-5,8-11,15,19H,6-7,12-14H2;1H. The summed E-state index contributed by atoms with van der Waals surface area (Å²) in [5.74, 6) is 1.62. The fourth-order valence-electron chi connectivity index (χ4n) is 2.72. The third kappa shape index (κ3) is 4.23. The van der Waals surface area contributed by atoms with Gasteiger partial charge in [0.1, 0.15) is 5.75 Å². The van der Waals surface area contributed by atoms with Gasteiger partial charge in [0.25, 0.3) is 0 Å². The second-order valence-corrected chi connectivity index (χ2v) is 5.39. The van der Waals surface area contributed by atoms with Crippen LogP contribution in [0.3, 0.4) is 0 Å². The molecule has 1 fully saturated rings. The van der Waals surface area contributed by atoms with Gasteiger partial charge in [-0.25, -0.2) is 0 Å². The van der Waals surface area contributed by atoms with Crippen LogP contribution in [0.1, 0.15) is 12.8 Å². The van der Waals surface area contributed by atoms with Gasteiger partial charge in [-0.3, -0.25) is 0 Å². The van der Waals surface area contributed by atoms with Gasteiger partial charge in [0.2, 0.25) is 0 Å². The number of ether oxygens (including phenoxy) is 1. The van der Waals surface area contributed by atoms with E-state index in [1.165, 1.54) is 24.0 Å². The Bertz CT molecular complexity index is 538. The lowest BCUT2D eigenvalue weighted by molar-refractivity contribution is 0.219. The van der Waals surface area contributed by atoms with Crippen molar-refractivity contribution in [3.05, 3.63) is 54.6 Å². The zero-order valence-corrected chi connectivity index (χ0v) is 12.9. The van der Waals surface area contributed by atoms with Crippen LogP contribution in [-0.2, 0) is 0 Å². The van der Waals surface area contributed by atoms with E-state index in [1.807, 2.05) is 12.1 Å². The molecule has 1 saturated heterocycles. The maximum absolute atomic E-state index is 6.09. The Balaban J connectivity index is 0.00000161. The van der Waals surface area contributed by atoms with E-state index < -0.39 is 0 Å². The van der Waals surface area contributed by atoms with Gasteiger partial charge >= 0.3 is 0 Å². The number of rotatable bonds is 4. The number of halogens is 1. The van der Waals surface area contributed by atoms with E-state index in [0.29, 0.717) is 5.92 Å². The Morgan fingerprint density at radius 1 is 1.00 bits per heavy atom. The van der Waals surface area contributed by atoms with Crippen molar-refractivity contribution in [2.75, 3.05) is 19.7 Å². The Hall–Kier alpha value is -1.51. The van der Waals surface area contributed by atoms with Crippen LogP contribution in [0, 0.1) is 5.92 Å². The first kappa shape index (κ1) is 15.9. The van der Waals surface area contributed by atoms with Crippen LogP contribution in [0.2, 0.25) is 0 Å². The summed E-state index contributed by atoms with van der Waals surface area (Å²) in [7, 11) is 0. The lowest BCUT2D eigenvalue weighted by Crippen LogP contribution is -2.33. The highest BCUT2D eigenvalue weighted by Gasteiger charge is 2.14. The minimum atomic E-state index is 0. The van der Waals surface area contributed by atoms with Gasteiger partial charge in [0, 0.05) is 18.0 Å². The fourth-order valence-corrected chi connectivity index (χ4v) is 2.72. The highest BCUT2D eigenvalue weighted by molar-refractivity contribution is 5.85. The summed E-state index contributed by atoms with van der Waals surface area (Å²) in [4.78, 5) is 0. The first-order valence-corrected chi connectivity index (χ1v) is 7.41. The van der Waals surface area contributed by atoms with Crippen molar-refractivity contribution in [2.24, 2.45) is 5.92 Å². The van der Waals surface area contributed by atoms with Crippen LogP contribution >= 0.6 is 12.4 Å². The van der Waals surface area contributed by atoms with E-state index in [0.717, 1.165) is 25.4 Å². The molecule has 0 saturated carbocycles. The molecule has 2 aromatic carbocycles. The molecule has 0 aliphatic carbocycles. The molecule has 0 radical (unpaired) electrons. The molecule has 1 aliphatic rings. The van der Waals surface area contributed by atoms with Crippen LogP contribution < -0.4 is 10.1 Å². The number of nitrogens with one attached hydrogen (secondary N) is 1. The molecule has 0 spiro atoms. The fraction of sp³-hybridized carbons (Fsp3) is 0.333. The maximum Gasteiger partial charge on any atom is 0.127 e. The number of benzene rings is 2. The van der Waals surface area contributed by atoms with Crippen molar-refractivity contribution in [3.8, 4) is 16.9 Å². The largest absolute Gasteiger partial charge is 0.493 e. The Morgan fingerprint density at radius 2 is 1.76 bits per heavy atom. The molecule has 2 aromatic rings. The van der Waals surface area contributed by atoms with Crippen molar-refractivity contribution >= 4 is 12.4 Å². The van der Waals surface area contributed by atoms with Crippen molar-refractivity contribution in [3.63, 3.8) is 0 Å². The van der Waals surface area contributed by atoms with Crippen LogP contribution in [0.5, 0.6) is 5.75 Å². The number of hydrogen-bond acceptors (Lipinski definition) is 2. The average Bonchev–Trinajstić information content (AvgIpc) is 2.55. The molecule has 21 heavy (non-hydrogen) atoms. The predicted octanol–water partition coefficient (Wildman–Crippen LogP) is 4.15. The highest BCUT2D eigenvalue weighted by Crippen LogP contribution is 2.30. The molecule has 0 bridgehead atoms. The van der Waals surface area contributed by atoms with Gasteiger partial charge in [0.05, 0.1) is 6.61 Å². The Kier molecular flexibility index (Phi) is 6.09. The average molecular weight is 304 g/mol. The van der Waals surface area contributed by atoms with Gasteiger partial charge in [0.15, 0.2) is 0 Å². The maximum atomic E-state index is 6.09. The predicted molar refractivity (Wildman–Crippen MR) is 90.2 cm³/mol. The van der Waals surface area contributed by atoms with E-state index >= 15 is 0 Å². The SMILES string of the molecule is Cl.c1ccc(-c2ccccc2OCC2CCCNC2)cc1. The lowest BCUT2D eigenvalue weighted by atomic mass is 10.0. The van der Waals surface area contributed by atoms with Gasteiger partial charge in [-0.05, 0) is 31.0 Å². The minimum Gasteiger partial charge on any atom is -0.493 e. The zero-order valence-electron chi connectivity index (χ0n) is 12.1. The van der Waals surface area contributed by atoms with E-state index in [1.54, 1.807) is 0 Å². The molecule has 1 N–H and O–H groups in total.